The smallest absolute Gasteiger partial charge is 0.335 e. The first-order valence-corrected chi connectivity index (χ1v) is 35.8. The predicted octanol–water partition coefficient (Wildman–Crippen LogP) is -0.0172. The Morgan fingerprint density at radius 2 is 1.28 bits per heavy atom. The molecule has 10 fully saturated rings. The number of aliphatic hydroxyl groups excluding tert-OH is 13. The van der Waals surface area contributed by atoms with Crippen LogP contribution in [0.25, 0.3) is 6.08 Å². The highest BCUT2D eigenvalue weighted by atomic mass is 16.8. The monoisotopic (exact) mass is 1440 g/mol. The van der Waals surface area contributed by atoms with Gasteiger partial charge in [0.05, 0.1) is 43.0 Å². The van der Waals surface area contributed by atoms with Crippen molar-refractivity contribution in [1.82, 2.24) is 0 Å². The number of aldehydes is 1. The molecule has 10 aliphatic rings. The number of fused-ring (bicyclic) bond motifs is 7. The molecule has 5 heterocycles. The van der Waals surface area contributed by atoms with E-state index in [0.717, 1.165) is 50.0 Å². The van der Waals surface area contributed by atoms with Gasteiger partial charge in [-0.1, -0.05) is 71.4 Å². The summed E-state index contributed by atoms with van der Waals surface area (Å²) in [4.78, 5) is 53.8. The van der Waals surface area contributed by atoms with Crippen molar-refractivity contribution in [3.05, 3.63) is 41.0 Å². The standard InChI is InChI=1S/C72H108O29/c1-31-11-12-35(13-14-37(76)28-91-55-33(3)93-62(90)59(58(55)95-34(4)75)100-64-52(85)49(82)46(79)32(2)94-64)36(23-31)24-69(8)42-17-20-70(9)43(16-15-38-39-25-67(5,6)21-22-72(39,30-74)44(78)26-71(38,70)10)68(42,7)19-18-45(69)97-66-60(101-65-53(86)50(83)48(81)41(27-73)96-65)56(54(87)57(99-66)61(88)89)98-63-51(84)47(80)40(77)29-92-63/h11-14,23,30,32-33,38-60,62-66,73,77-87,90H,15-22,24-29H2,1-10H3,(H,88,89)/b14-13+/t32?,33?,38-,39-,40?,41?,42+,43+,44+,45-,46?,47?,48?,49?,50?,51?,52?,53?,54?,55?,56?,57?,58?,59?,60?,62?,63?,64?,65?,66?,68-,69+,70+,71+,72+/m0/s1. The van der Waals surface area contributed by atoms with Crippen LogP contribution < -0.4 is 0 Å². The summed E-state index contributed by atoms with van der Waals surface area (Å²) < 4.78 is 66.8. The van der Waals surface area contributed by atoms with Crippen LogP contribution >= 0.6 is 0 Å². The number of ketones is 1. The van der Waals surface area contributed by atoms with Gasteiger partial charge in [-0.2, -0.15) is 0 Å². The maximum absolute atomic E-state index is 14.3. The Balaban J connectivity index is 0.948. The highest BCUT2D eigenvalue weighted by Crippen LogP contribution is 2.77. The van der Waals surface area contributed by atoms with E-state index in [1.54, 1.807) is 6.08 Å². The number of carbonyl (C=O) groups excluding carboxylic acids is 3. The van der Waals surface area contributed by atoms with Gasteiger partial charge in [-0.25, -0.2) is 4.79 Å². The number of hydrogen-bond donors (Lipinski definition) is 14. The summed E-state index contributed by atoms with van der Waals surface area (Å²) in [5, 5.41) is 154. The minimum atomic E-state index is -2.21. The Kier molecular flexibility index (Phi) is 23.1. The van der Waals surface area contributed by atoms with Crippen molar-refractivity contribution in [3.8, 4) is 0 Å². The second-order valence-electron chi connectivity index (χ2n) is 32.7. The van der Waals surface area contributed by atoms with Crippen molar-refractivity contribution in [1.29, 1.82) is 0 Å². The van der Waals surface area contributed by atoms with Crippen molar-refractivity contribution in [3.63, 3.8) is 0 Å². The first-order chi connectivity index (χ1) is 47.4. The average Bonchev–Trinajstić information content (AvgIpc) is 0.672. The molecule has 101 heavy (non-hydrogen) atoms. The maximum atomic E-state index is 14.3. The van der Waals surface area contributed by atoms with E-state index in [4.69, 9.17) is 52.1 Å². The van der Waals surface area contributed by atoms with E-state index in [0.29, 0.717) is 37.7 Å². The van der Waals surface area contributed by atoms with Crippen molar-refractivity contribution < 1.29 is 143 Å². The number of esters is 1. The van der Waals surface area contributed by atoms with Gasteiger partial charge in [-0.3, -0.25) is 9.59 Å². The number of benzene rings is 1. The molecular weight excluding hydrogens is 1330 g/mol. The fourth-order valence-electron chi connectivity index (χ4n) is 20.5. The van der Waals surface area contributed by atoms with Crippen LogP contribution in [-0.4, -0.2) is 275 Å². The number of aliphatic carboxylic acids is 1. The van der Waals surface area contributed by atoms with Crippen LogP contribution in [0, 0.1) is 63.1 Å². The van der Waals surface area contributed by atoms with Gasteiger partial charge in [0, 0.05) is 12.3 Å². The Bertz CT molecular complexity index is 3130. The van der Waals surface area contributed by atoms with Crippen molar-refractivity contribution in [2.75, 3.05) is 19.8 Å². The van der Waals surface area contributed by atoms with Gasteiger partial charge in [0.15, 0.2) is 55.5 Å². The summed E-state index contributed by atoms with van der Waals surface area (Å²) in [6.45, 7) is 17.5. The van der Waals surface area contributed by atoms with E-state index >= 15 is 0 Å². The van der Waals surface area contributed by atoms with E-state index in [-0.39, 0.29) is 47.3 Å². The van der Waals surface area contributed by atoms with Crippen LogP contribution in [0.1, 0.15) is 143 Å². The average molecular weight is 1440 g/mol. The number of hydrogen-bond acceptors (Lipinski definition) is 28. The number of carboxylic acid groups (broad SMARTS) is 1. The zero-order valence-corrected chi connectivity index (χ0v) is 59.1. The minimum absolute atomic E-state index is 0.0336. The quantitative estimate of drug-likeness (QED) is 0.0375. The van der Waals surface area contributed by atoms with Crippen molar-refractivity contribution in [2.45, 2.75) is 299 Å². The number of ether oxygens (including phenoxy) is 11. The summed E-state index contributed by atoms with van der Waals surface area (Å²) in [5.41, 5.74) is -1.07. The van der Waals surface area contributed by atoms with Gasteiger partial charge in [-0.05, 0) is 154 Å². The summed E-state index contributed by atoms with van der Waals surface area (Å²) in [6, 6.07) is 5.70. The number of rotatable bonds is 19. The first kappa shape index (κ1) is 78.4. The molecule has 5 saturated carbocycles. The number of aliphatic hydroxyl groups is 13. The minimum Gasteiger partial charge on any atom is -0.479 e. The number of aryl methyl sites for hydroxylation is 1. The Morgan fingerprint density at radius 3 is 1.95 bits per heavy atom. The third kappa shape index (κ3) is 14.2. The molecule has 29 nitrogen and oxygen atoms in total. The first-order valence-electron chi connectivity index (χ1n) is 35.8. The Hall–Kier alpha value is -3.68. The molecule has 0 spiro atoms. The van der Waals surface area contributed by atoms with Crippen molar-refractivity contribution >= 4 is 30.1 Å². The second kappa shape index (κ2) is 29.8. The van der Waals surface area contributed by atoms with Crippen LogP contribution in [-0.2, 0) is 77.7 Å². The van der Waals surface area contributed by atoms with Gasteiger partial charge in [-0.15, -0.1) is 0 Å². The normalized spacial score (nSPS) is 49.9. The lowest BCUT2D eigenvalue weighted by Crippen LogP contribution is -2.70. The molecule has 1 aromatic carbocycles. The molecule has 5 saturated heterocycles. The van der Waals surface area contributed by atoms with E-state index in [2.05, 4.69) is 41.5 Å². The molecule has 0 aromatic heterocycles. The molecule has 14 N–H and O–H groups in total. The molecule has 5 aliphatic heterocycles. The molecule has 5 aliphatic carbocycles. The van der Waals surface area contributed by atoms with E-state index in [9.17, 15) is 90.7 Å². The number of carboxylic acids is 1. The number of carbonyl (C=O) groups is 4. The third-order valence-corrected chi connectivity index (χ3v) is 26.2. The lowest BCUT2D eigenvalue weighted by atomic mass is 9.31. The lowest BCUT2D eigenvalue weighted by Gasteiger charge is -2.74. The second-order valence-corrected chi connectivity index (χ2v) is 32.7. The van der Waals surface area contributed by atoms with Gasteiger partial charge < -0.3 is 128 Å². The molecule has 35 atom stereocenters. The SMILES string of the molecule is CC(=O)OC1C(OCC(=O)/C=C/c2ccc(C)cc2C[C@]2(C)[C@@H]3CC[C@]4(C)[C@H](CC[C@H]5[C@@H]6CC(C)(C)CC[C@]6(C=O)[C@H](O)C[C@]54C)[C@@]3(C)CC[C@@H]2OC2OC(C(=O)O)C(O)C(OC3OCC(O)C(O)C3O)C2OC2OC(CO)C(O)C(O)C2O)C(C)OC(O)C1OC1OC(C)C(O)C(O)C1O. The summed E-state index contributed by atoms with van der Waals surface area (Å²) >= 11 is 0. The zero-order chi connectivity index (χ0) is 73.7. The highest BCUT2D eigenvalue weighted by molar-refractivity contribution is 5.94. The molecular formula is C72H108O29. The topological polar surface area (TPSA) is 453 Å². The third-order valence-electron chi connectivity index (χ3n) is 26.2. The molecule has 1 aromatic rings. The van der Waals surface area contributed by atoms with Gasteiger partial charge >= 0.3 is 11.9 Å². The predicted molar refractivity (Wildman–Crippen MR) is 347 cm³/mol. The summed E-state index contributed by atoms with van der Waals surface area (Å²) in [5.74, 6) is -3.22. The van der Waals surface area contributed by atoms with E-state index in [1.165, 1.54) is 19.9 Å². The Morgan fingerprint density at radius 1 is 0.614 bits per heavy atom. The van der Waals surface area contributed by atoms with Gasteiger partial charge in [0.1, 0.15) is 98.3 Å². The summed E-state index contributed by atoms with van der Waals surface area (Å²) in [6.07, 6.45) is -32.9. The largest absolute Gasteiger partial charge is 0.479 e. The van der Waals surface area contributed by atoms with Crippen LogP contribution in [0.4, 0.5) is 0 Å². The van der Waals surface area contributed by atoms with Crippen LogP contribution in [0.2, 0.25) is 0 Å². The highest BCUT2D eigenvalue weighted by Gasteiger charge is 2.73. The molecule has 0 radical (unpaired) electrons. The Labute approximate surface area is 587 Å². The molecule has 11 rings (SSSR count). The fraction of sp³-hybridized carbons (Fsp3) is 0.833. The maximum Gasteiger partial charge on any atom is 0.335 e. The molecule has 0 amide bonds. The van der Waals surface area contributed by atoms with E-state index in [1.807, 2.05) is 25.1 Å². The zero-order valence-electron chi connectivity index (χ0n) is 59.1. The summed E-state index contributed by atoms with van der Waals surface area (Å²) in [7, 11) is 0. The molecule has 0 bridgehead atoms. The van der Waals surface area contributed by atoms with Gasteiger partial charge in [0.2, 0.25) is 0 Å². The van der Waals surface area contributed by atoms with Crippen LogP contribution in [0.5, 0.6) is 0 Å². The molecule has 29 heteroatoms. The lowest BCUT2D eigenvalue weighted by molar-refractivity contribution is -0.393. The van der Waals surface area contributed by atoms with Gasteiger partial charge in [0.25, 0.3) is 0 Å². The van der Waals surface area contributed by atoms with Crippen molar-refractivity contribution in [2.24, 2.45) is 56.2 Å². The molecule has 570 valence electrons. The van der Waals surface area contributed by atoms with Crippen LogP contribution in [0.3, 0.4) is 0 Å². The fourth-order valence-corrected chi connectivity index (χ4v) is 20.5. The van der Waals surface area contributed by atoms with Crippen LogP contribution in [0.15, 0.2) is 24.3 Å². The van der Waals surface area contributed by atoms with E-state index < -0.39 is 219 Å². The molecule has 24 unspecified atom stereocenters.